The van der Waals surface area contributed by atoms with Crippen molar-refractivity contribution in [2.24, 2.45) is 7.05 Å². The van der Waals surface area contributed by atoms with E-state index < -0.39 is 23.3 Å². The Morgan fingerprint density at radius 3 is 2.48 bits per heavy atom. The highest BCUT2D eigenvalue weighted by atomic mass is 19.1. The smallest absolute Gasteiger partial charge is 0.338 e. The van der Waals surface area contributed by atoms with Crippen molar-refractivity contribution in [1.82, 2.24) is 9.78 Å². The van der Waals surface area contributed by atoms with Gasteiger partial charge in [-0.15, -0.1) is 0 Å². The molecule has 21 heavy (non-hydrogen) atoms. The fourth-order valence-corrected chi connectivity index (χ4v) is 2.06. The van der Waals surface area contributed by atoms with Crippen molar-refractivity contribution in [2.45, 2.75) is 13.8 Å². The zero-order valence-electron chi connectivity index (χ0n) is 11.8. The SMILES string of the molecule is Cc1nn(C)c(C)c1C(=O)Nc1ccc(C(=O)O)c(F)c1. The monoisotopic (exact) mass is 291 g/mol. The van der Waals surface area contributed by atoms with Gasteiger partial charge >= 0.3 is 5.97 Å². The molecule has 0 saturated heterocycles. The van der Waals surface area contributed by atoms with Crippen LogP contribution >= 0.6 is 0 Å². The Balaban J connectivity index is 2.28. The highest BCUT2D eigenvalue weighted by Crippen LogP contribution is 2.18. The first-order valence-corrected chi connectivity index (χ1v) is 6.15. The topological polar surface area (TPSA) is 84.2 Å². The van der Waals surface area contributed by atoms with Crippen LogP contribution in [0.5, 0.6) is 0 Å². The minimum absolute atomic E-state index is 0.185. The molecule has 2 aromatic rings. The summed E-state index contributed by atoms with van der Waals surface area (Å²) >= 11 is 0. The number of aryl methyl sites for hydroxylation is 2. The lowest BCUT2D eigenvalue weighted by Crippen LogP contribution is -2.14. The zero-order valence-corrected chi connectivity index (χ0v) is 11.8. The van der Waals surface area contributed by atoms with Crippen LogP contribution in [0.1, 0.15) is 32.1 Å². The van der Waals surface area contributed by atoms with Crippen molar-refractivity contribution < 1.29 is 19.1 Å². The van der Waals surface area contributed by atoms with Gasteiger partial charge in [0.15, 0.2) is 0 Å². The molecule has 0 radical (unpaired) electrons. The number of aromatic carboxylic acids is 1. The molecule has 7 heteroatoms. The summed E-state index contributed by atoms with van der Waals surface area (Å²) < 4.78 is 15.1. The van der Waals surface area contributed by atoms with Crippen LogP contribution in [0.15, 0.2) is 18.2 Å². The Labute approximate surface area is 120 Å². The van der Waals surface area contributed by atoms with E-state index >= 15 is 0 Å². The molecule has 0 aliphatic heterocycles. The van der Waals surface area contributed by atoms with E-state index in [1.54, 1.807) is 25.6 Å². The van der Waals surface area contributed by atoms with Gasteiger partial charge < -0.3 is 10.4 Å². The number of rotatable bonds is 3. The Bertz CT molecular complexity index is 737. The van der Waals surface area contributed by atoms with Crippen LogP contribution in [0, 0.1) is 19.7 Å². The van der Waals surface area contributed by atoms with Gasteiger partial charge in [0.25, 0.3) is 5.91 Å². The quantitative estimate of drug-likeness (QED) is 0.907. The summed E-state index contributed by atoms with van der Waals surface area (Å²) in [5, 5.41) is 15.4. The van der Waals surface area contributed by atoms with E-state index in [1.165, 1.54) is 6.07 Å². The van der Waals surface area contributed by atoms with Crippen LogP contribution in [-0.2, 0) is 7.05 Å². The Morgan fingerprint density at radius 2 is 2.00 bits per heavy atom. The van der Waals surface area contributed by atoms with Crippen molar-refractivity contribution in [3.05, 3.63) is 46.5 Å². The molecule has 0 saturated carbocycles. The van der Waals surface area contributed by atoms with Crippen LogP contribution in [0.3, 0.4) is 0 Å². The molecule has 1 heterocycles. The van der Waals surface area contributed by atoms with E-state index in [-0.39, 0.29) is 5.69 Å². The summed E-state index contributed by atoms with van der Waals surface area (Å²) in [5.41, 5.74) is 1.41. The normalized spacial score (nSPS) is 10.5. The lowest BCUT2D eigenvalue weighted by Gasteiger charge is -2.07. The third kappa shape index (κ3) is 2.76. The van der Waals surface area contributed by atoms with Crippen LogP contribution in [0.25, 0.3) is 0 Å². The number of hydrogen-bond donors (Lipinski definition) is 2. The highest BCUT2D eigenvalue weighted by Gasteiger charge is 2.18. The number of nitrogens with one attached hydrogen (secondary N) is 1. The Kier molecular flexibility index (Phi) is 3.75. The third-order valence-corrected chi connectivity index (χ3v) is 3.19. The molecule has 1 amide bonds. The summed E-state index contributed by atoms with van der Waals surface area (Å²) in [6.45, 7) is 3.46. The molecule has 1 aromatic carbocycles. The summed E-state index contributed by atoms with van der Waals surface area (Å²) in [6, 6.07) is 3.42. The van der Waals surface area contributed by atoms with E-state index in [2.05, 4.69) is 10.4 Å². The van der Waals surface area contributed by atoms with Gasteiger partial charge in [0, 0.05) is 18.4 Å². The van der Waals surface area contributed by atoms with Crippen molar-refractivity contribution >= 4 is 17.6 Å². The molecule has 2 rings (SSSR count). The van der Waals surface area contributed by atoms with Gasteiger partial charge in [-0.25, -0.2) is 9.18 Å². The Hall–Kier alpha value is -2.70. The second kappa shape index (κ2) is 5.35. The number of nitrogens with zero attached hydrogens (tertiary/aromatic N) is 2. The van der Waals surface area contributed by atoms with Gasteiger partial charge in [-0.2, -0.15) is 5.10 Å². The standard InChI is InChI=1S/C14H14FN3O3/c1-7-12(8(2)18(3)17-7)13(19)16-9-4-5-10(14(20)21)11(15)6-9/h4-6H,1-3H3,(H,16,19)(H,20,21). The van der Waals surface area contributed by atoms with Gasteiger partial charge in [0.2, 0.25) is 0 Å². The van der Waals surface area contributed by atoms with Gasteiger partial charge in [0.1, 0.15) is 5.82 Å². The molecule has 0 bridgehead atoms. The van der Waals surface area contributed by atoms with E-state index in [1.807, 2.05) is 0 Å². The summed E-state index contributed by atoms with van der Waals surface area (Å²) in [5.74, 6) is -2.68. The second-order valence-electron chi connectivity index (χ2n) is 4.62. The number of carboxylic acid groups (broad SMARTS) is 1. The fraction of sp³-hybridized carbons (Fsp3) is 0.214. The number of carbonyl (C=O) groups is 2. The predicted molar refractivity (Wildman–Crippen MR) is 74.0 cm³/mol. The molecular weight excluding hydrogens is 277 g/mol. The van der Waals surface area contributed by atoms with E-state index in [0.29, 0.717) is 17.0 Å². The average Bonchev–Trinajstić information content (AvgIpc) is 2.62. The summed E-state index contributed by atoms with van der Waals surface area (Å²) in [4.78, 5) is 22.9. The Morgan fingerprint density at radius 1 is 1.33 bits per heavy atom. The number of carboxylic acids is 1. The van der Waals surface area contributed by atoms with E-state index in [0.717, 1.165) is 12.1 Å². The summed E-state index contributed by atoms with van der Waals surface area (Å²) in [6.07, 6.45) is 0. The number of hydrogen-bond acceptors (Lipinski definition) is 3. The van der Waals surface area contributed by atoms with E-state index in [4.69, 9.17) is 5.11 Å². The minimum atomic E-state index is -1.36. The third-order valence-electron chi connectivity index (χ3n) is 3.19. The largest absolute Gasteiger partial charge is 0.478 e. The lowest BCUT2D eigenvalue weighted by molar-refractivity contribution is 0.0692. The number of anilines is 1. The van der Waals surface area contributed by atoms with Gasteiger partial charge in [0.05, 0.1) is 16.8 Å². The maximum absolute atomic E-state index is 13.6. The van der Waals surface area contributed by atoms with Crippen molar-refractivity contribution in [3.63, 3.8) is 0 Å². The van der Waals surface area contributed by atoms with Crippen molar-refractivity contribution in [1.29, 1.82) is 0 Å². The molecule has 1 aromatic heterocycles. The predicted octanol–water partition coefficient (Wildman–Crippen LogP) is 2.13. The minimum Gasteiger partial charge on any atom is -0.478 e. The number of amides is 1. The second-order valence-corrected chi connectivity index (χ2v) is 4.62. The highest BCUT2D eigenvalue weighted by molar-refractivity contribution is 6.06. The number of halogens is 1. The molecule has 6 nitrogen and oxygen atoms in total. The van der Waals surface area contributed by atoms with Crippen LogP contribution in [-0.4, -0.2) is 26.8 Å². The molecule has 2 N–H and O–H groups in total. The molecule has 0 unspecified atom stereocenters. The number of benzene rings is 1. The number of aromatic nitrogens is 2. The molecule has 0 spiro atoms. The fourth-order valence-electron chi connectivity index (χ4n) is 2.06. The van der Waals surface area contributed by atoms with Crippen LogP contribution in [0.2, 0.25) is 0 Å². The van der Waals surface area contributed by atoms with Gasteiger partial charge in [-0.3, -0.25) is 9.48 Å². The number of carbonyl (C=O) groups excluding carboxylic acids is 1. The van der Waals surface area contributed by atoms with Gasteiger partial charge in [-0.05, 0) is 32.0 Å². The lowest BCUT2D eigenvalue weighted by atomic mass is 10.1. The molecule has 0 aliphatic carbocycles. The molecule has 0 atom stereocenters. The van der Waals surface area contributed by atoms with Crippen LogP contribution < -0.4 is 5.32 Å². The zero-order chi connectivity index (χ0) is 15.7. The van der Waals surface area contributed by atoms with Crippen LogP contribution in [0.4, 0.5) is 10.1 Å². The average molecular weight is 291 g/mol. The first kappa shape index (κ1) is 14.7. The van der Waals surface area contributed by atoms with Gasteiger partial charge in [-0.1, -0.05) is 0 Å². The molecular formula is C14H14FN3O3. The molecule has 0 fully saturated rings. The molecule has 0 aliphatic rings. The maximum Gasteiger partial charge on any atom is 0.338 e. The van der Waals surface area contributed by atoms with E-state index in [9.17, 15) is 14.0 Å². The summed E-state index contributed by atoms with van der Waals surface area (Å²) in [7, 11) is 1.72. The molecule has 110 valence electrons. The first-order valence-electron chi connectivity index (χ1n) is 6.15. The van der Waals surface area contributed by atoms with Crippen molar-refractivity contribution in [3.8, 4) is 0 Å². The maximum atomic E-state index is 13.6. The first-order chi connectivity index (χ1) is 9.81. The van der Waals surface area contributed by atoms with Crippen molar-refractivity contribution in [2.75, 3.05) is 5.32 Å².